The van der Waals surface area contributed by atoms with Crippen LogP contribution >= 0.6 is 0 Å². The maximum absolute atomic E-state index is 6.79. The minimum absolute atomic E-state index is 0.283. The Morgan fingerprint density at radius 3 is 1.54 bits per heavy atom. The van der Waals surface area contributed by atoms with Crippen molar-refractivity contribution in [2.24, 2.45) is 35.5 Å². The van der Waals surface area contributed by atoms with Crippen LogP contribution in [0.5, 0.6) is 11.5 Å². The SMILES string of the molecule is C1=C(COCCOc2ccc(C34CC5CC(CC(C5)C3)C4)c3cc(C45CC6CC(CC(C6)C4)C5)cc(OCCOCC4=CO4)c23)O1. The van der Waals surface area contributed by atoms with Crippen molar-refractivity contribution in [3.05, 3.63) is 59.4 Å². The van der Waals surface area contributed by atoms with E-state index in [-0.39, 0.29) is 10.8 Å². The zero-order valence-electron chi connectivity index (χ0n) is 27.1. The van der Waals surface area contributed by atoms with E-state index in [0.29, 0.717) is 39.6 Å². The van der Waals surface area contributed by atoms with Gasteiger partial charge in [0.05, 0.1) is 18.6 Å². The second-order valence-corrected chi connectivity index (χ2v) is 16.6. The van der Waals surface area contributed by atoms with E-state index in [9.17, 15) is 0 Å². The molecule has 0 spiro atoms. The Labute approximate surface area is 272 Å². The first-order valence-electron chi connectivity index (χ1n) is 18.3. The molecule has 0 radical (unpaired) electrons. The summed E-state index contributed by atoms with van der Waals surface area (Å²) in [5.41, 5.74) is 3.69. The molecule has 0 saturated heterocycles. The van der Waals surface area contributed by atoms with E-state index in [4.69, 9.17) is 28.4 Å². The molecule has 6 nitrogen and oxygen atoms in total. The predicted molar refractivity (Wildman–Crippen MR) is 175 cm³/mol. The highest BCUT2D eigenvalue weighted by Crippen LogP contribution is 2.64. The zero-order chi connectivity index (χ0) is 30.3. The van der Waals surface area contributed by atoms with Gasteiger partial charge in [0, 0.05) is 0 Å². The maximum atomic E-state index is 6.79. The van der Waals surface area contributed by atoms with Crippen LogP contribution in [-0.4, -0.2) is 39.6 Å². The van der Waals surface area contributed by atoms with Crippen molar-refractivity contribution >= 4 is 10.8 Å². The Balaban J connectivity index is 1.06. The fourth-order valence-electron chi connectivity index (χ4n) is 12.3. The van der Waals surface area contributed by atoms with Crippen LogP contribution in [0, 0.1) is 35.5 Å². The van der Waals surface area contributed by atoms with Crippen LogP contribution in [0.15, 0.2) is 48.3 Å². The van der Waals surface area contributed by atoms with E-state index in [1.807, 2.05) is 0 Å². The molecule has 8 fully saturated rings. The van der Waals surface area contributed by atoms with Crippen molar-refractivity contribution in [3.8, 4) is 11.5 Å². The third-order valence-corrected chi connectivity index (χ3v) is 13.3. The largest absolute Gasteiger partial charge is 0.490 e. The number of benzene rings is 2. The molecule has 8 bridgehead atoms. The van der Waals surface area contributed by atoms with E-state index in [2.05, 4.69) is 24.3 Å². The summed E-state index contributed by atoms with van der Waals surface area (Å²) in [6, 6.07) is 9.81. The van der Waals surface area contributed by atoms with Crippen molar-refractivity contribution in [3.63, 3.8) is 0 Å². The lowest BCUT2D eigenvalue weighted by atomic mass is 9.47. The summed E-state index contributed by atoms with van der Waals surface area (Å²) >= 11 is 0. The molecule has 0 aromatic heterocycles. The molecular formula is C40H48O6. The topological polar surface area (TPSA) is 62.0 Å². The van der Waals surface area contributed by atoms with E-state index in [1.54, 1.807) is 18.1 Å². The molecule has 10 aliphatic rings. The molecule has 0 unspecified atom stereocenters. The molecular weight excluding hydrogens is 576 g/mol. The van der Waals surface area contributed by atoms with E-state index in [1.165, 1.54) is 88.0 Å². The van der Waals surface area contributed by atoms with Crippen LogP contribution in [0.4, 0.5) is 0 Å². The molecule has 2 aromatic rings. The second kappa shape index (κ2) is 10.9. The Kier molecular flexibility index (Phi) is 6.72. The van der Waals surface area contributed by atoms with Crippen LogP contribution in [0.1, 0.15) is 88.2 Å². The molecule has 0 amide bonds. The monoisotopic (exact) mass is 624 g/mol. The first kappa shape index (κ1) is 28.3. The molecule has 8 aliphatic carbocycles. The predicted octanol–water partition coefficient (Wildman–Crippen LogP) is 8.31. The molecule has 2 aliphatic heterocycles. The summed E-state index contributed by atoms with van der Waals surface area (Å²) in [6.07, 6.45) is 20.3. The molecule has 2 heterocycles. The summed E-state index contributed by atoms with van der Waals surface area (Å²) in [7, 11) is 0. The lowest BCUT2D eigenvalue weighted by molar-refractivity contribution is -0.00576. The first-order valence-corrected chi connectivity index (χ1v) is 18.3. The minimum Gasteiger partial charge on any atom is -0.490 e. The van der Waals surface area contributed by atoms with Crippen molar-refractivity contribution in [1.82, 2.24) is 0 Å². The smallest absolute Gasteiger partial charge is 0.164 e. The van der Waals surface area contributed by atoms with Crippen LogP contribution in [0.25, 0.3) is 10.8 Å². The maximum Gasteiger partial charge on any atom is 0.164 e. The van der Waals surface area contributed by atoms with Crippen molar-refractivity contribution in [2.75, 3.05) is 39.6 Å². The third kappa shape index (κ3) is 5.13. The second-order valence-electron chi connectivity index (χ2n) is 16.6. The fourth-order valence-corrected chi connectivity index (χ4v) is 12.3. The number of fused-ring (bicyclic) bond motifs is 1. The highest BCUT2D eigenvalue weighted by molar-refractivity contribution is 5.97. The van der Waals surface area contributed by atoms with Gasteiger partial charge < -0.3 is 28.4 Å². The Hall–Kier alpha value is -2.70. The Morgan fingerprint density at radius 1 is 0.565 bits per heavy atom. The number of rotatable bonds is 14. The standard InChI is InChI=1S/C40H48O6/c1-2-36(43-5-3-41-21-32-23-45-32)38-34(35(1)40-18-28-10-29(19-40)12-30(11-28)20-40)13-31(14-37(38)44-6-4-42-22-33-24-46-33)39-15-25-7-26(16-39)9-27(8-25)17-39/h1-2,13-14,23-30H,3-12,15-22H2. The zero-order valence-corrected chi connectivity index (χ0v) is 27.1. The van der Waals surface area contributed by atoms with Gasteiger partial charge >= 0.3 is 0 Å². The van der Waals surface area contributed by atoms with Crippen LogP contribution in [0.2, 0.25) is 0 Å². The number of hydrogen-bond donors (Lipinski definition) is 0. The van der Waals surface area contributed by atoms with Crippen molar-refractivity contribution in [2.45, 2.75) is 87.9 Å². The van der Waals surface area contributed by atoms with Gasteiger partial charge in [0.15, 0.2) is 11.5 Å². The van der Waals surface area contributed by atoms with Gasteiger partial charge in [0.2, 0.25) is 0 Å². The highest BCUT2D eigenvalue weighted by Gasteiger charge is 2.54. The third-order valence-electron chi connectivity index (χ3n) is 13.3. The average Bonchev–Trinajstić information content (AvgIpc) is 3.96. The average molecular weight is 625 g/mol. The van der Waals surface area contributed by atoms with Gasteiger partial charge in [-0.15, -0.1) is 0 Å². The molecule has 2 aromatic carbocycles. The van der Waals surface area contributed by atoms with E-state index >= 15 is 0 Å². The lowest BCUT2D eigenvalue weighted by Gasteiger charge is -2.58. The fraction of sp³-hybridized carbons (Fsp3) is 0.650. The molecule has 0 atom stereocenters. The molecule has 8 saturated carbocycles. The number of hydrogen-bond acceptors (Lipinski definition) is 6. The number of ether oxygens (including phenoxy) is 6. The van der Waals surface area contributed by atoms with Crippen molar-refractivity contribution < 1.29 is 28.4 Å². The Morgan fingerprint density at radius 2 is 1.04 bits per heavy atom. The highest BCUT2D eigenvalue weighted by atomic mass is 16.6. The summed E-state index contributed by atoms with van der Waals surface area (Å²) in [5, 5.41) is 2.56. The summed E-state index contributed by atoms with van der Waals surface area (Å²) < 4.78 is 35.3. The minimum atomic E-state index is 0.283. The summed E-state index contributed by atoms with van der Waals surface area (Å²) in [6.45, 7) is 3.08. The van der Waals surface area contributed by atoms with E-state index in [0.717, 1.165) is 63.9 Å². The quantitative estimate of drug-likeness (QED) is 0.197. The lowest BCUT2D eigenvalue weighted by Crippen LogP contribution is -2.49. The van der Waals surface area contributed by atoms with Gasteiger partial charge in [-0.05, 0) is 158 Å². The normalized spacial score (nSPS) is 37.1. The summed E-state index contributed by atoms with van der Waals surface area (Å²) in [4.78, 5) is 0. The van der Waals surface area contributed by atoms with Gasteiger partial charge in [-0.25, -0.2) is 0 Å². The van der Waals surface area contributed by atoms with Gasteiger partial charge in [-0.1, -0.05) is 6.07 Å². The van der Waals surface area contributed by atoms with Crippen LogP contribution in [-0.2, 0) is 29.8 Å². The van der Waals surface area contributed by atoms with Gasteiger partial charge in [-0.2, -0.15) is 0 Å². The van der Waals surface area contributed by atoms with Crippen LogP contribution < -0.4 is 9.47 Å². The molecule has 0 N–H and O–H groups in total. The molecule has 6 heteroatoms. The molecule has 244 valence electrons. The first-order chi connectivity index (χ1) is 22.6. The van der Waals surface area contributed by atoms with Gasteiger partial charge in [0.1, 0.15) is 50.5 Å². The van der Waals surface area contributed by atoms with Gasteiger partial charge in [-0.3, -0.25) is 0 Å². The van der Waals surface area contributed by atoms with E-state index < -0.39 is 0 Å². The van der Waals surface area contributed by atoms with Crippen LogP contribution in [0.3, 0.4) is 0 Å². The molecule has 46 heavy (non-hydrogen) atoms. The molecule has 12 rings (SSSR count). The van der Waals surface area contributed by atoms with Gasteiger partial charge in [0.25, 0.3) is 0 Å². The van der Waals surface area contributed by atoms with Crippen molar-refractivity contribution in [1.29, 1.82) is 0 Å². The summed E-state index contributed by atoms with van der Waals surface area (Å²) in [5.74, 6) is 9.08. The Bertz CT molecular complexity index is 1520.